The quantitative estimate of drug-likeness (QED) is 0.863. The molecule has 108 valence electrons. The standard InChI is InChI=1S/C13H15FN2O2S2/c1-2-16(9-11-4-3-7-19-11)20(17,18)13-6-5-10(15)8-12(13)14/h3-8H,2,9,15H2,1H3. The molecule has 7 heteroatoms. The first kappa shape index (κ1) is 15.0. The fraction of sp³-hybridized carbons (Fsp3) is 0.231. The van der Waals surface area contributed by atoms with Crippen LogP contribution in [-0.2, 0) is 16.6 Å². The van der Waals surface area contributed by atoms with Crippen molar-refractivity contribution in [2.24, 2.45) is 0 Å². The fourth-order valence-corrected chi connectivity index (χ4v) is 4.08. The Morgan fingerprint density at radius 2 is 2.10 bits per heavy atom. The molecule has 0 unspecified atom stereocenters. The Hall–Kier alpha value is -1.44. The van der Waals surface area contributed by atoms with Crippen molar-refractivity contribution in [2.75, 3.05) is 12.3 Å². The maximum absolute atomic E-state index is 13.8. The van der Waals surface area contributed by atoms with Gasteiger partial charge in [-0.05, 0) is 29.6 Å². The molecule has 1 heterocycles. The number of hydrogen-bond acceptors (Lipinski definition) is 4. The van der Waals surface area contributed by atoms with Gasteiger partial charge in [0.15, 0.2) is 0 Å². The van der Waals surface area contributed by atoms with E-state index < -0.39 is 15.8 Å². The Balaban J connectivity index is 2.36. The molecule has 0 aliphatic rings. The molecular weight excluding hydrogens is 299 g/mol. The molecule has 1 aromatic heterocycles. The number of benzene rings is 1. The molecule has 0 radical (unpaired) electrons. The van der Waals surface area contributed by atoms with E-state index in [0.29, 0.717) is 0 Å². The van der Waals surface area contributed by atoms with Crippen molar-refractivity contribution in [2.45, 2.75) is 18.4 Å². The number of hydrogen-bond donors (Lipinski definition) is 1. The Morgan fingerprint density at radius 3 is 2.65 bits per heavy atom. The molecule has 0 saturated carbocycles. The molecule has 1 aromatic carbocycles. The van der Waals surface area contributed by atoms with Gasteiger partial charge in [-0.25, -0.2) is 12.8 Å². The zero-order valence-electron chi connectivity index (χ0n) is 10.9. The number of thiophene rings is 1. The molecule has 2 aromatic rings. The second-order valence-electron chi connectivity index (χ2n) is 4.20. The topological polar surface area (TPSA) is 63.4 Å². The minimum Gasteiger partial charge on any atom is -0.399 e. The highest BCUT2D eigenvalue weighted by Crippen LogP contribution is 2.23. The Bertz CT molecular complexity index is 684. The van der Waals surface area contributed by atoms with Crippen LogP contribution >= 0.6 is 11.3 Å². The average Bonchev–Trinajstić information content (AvgIpc) is 2.88. The summed E-state index contributed by atoms with van der Waals surface area (Å²) >= 11 is 1.46. The van der Waals surface area contributed by atoms with Gasteiger partial charge in [-0.1, -0.05) is 13.0 Å². The second-order valence-corrected chi connectivity index (χ2v) is 7.14. The lowest BCUT2D eigenvalue weighted by Gasteiger charge is -2.20. The fourth-order valence-electron chi connectivity index (χ4n) is 1.81. The number of halogens is 1. The van der Waals surface area contributed by atoms with E-state index in [1.54, 1.807) is 6.92 Å². The molecule has 2 N–H and O–H groups in total. The van der Waals surface area contributed by atoms with Crippen molar-refractivity contribution >= 4 is 27.0 Å². The molecular formula is C13H15FN2O2S2. The van der Waals surface area contributed by atoms with E-state index in [9.17, 15) is 12.8 Å². The van der Waals surface area contributed by atoms with E-state index in [2.05, 4.69) is 0 Å². The molecule has 0 spiro atoms. The summed E-state index contributed by atoms with van der Waals surface area (Å²) in [4.78, 5) is 0.566. The highest BCUT2D eigenvalue weighted by molar-refractivity contribution is 7.89. The highest BCUT2D eigenvalue weighted by atomic mass is 32.2. The van der Waals surface area contributed by atoms with E-state index in [-0.39, 0.29) is 23.7 Å². The number of sulfonamides is 1. The van der Waals surface area contributed by atoms with E-state index in [1.165, 1.54) is 27.8 Å². The molecule has 0 saturated heterocycles. The van der Waals surface area contributed by atoms with Crippen LogP contribution in [0.25, 0.3) is 0 Å². The van der Waals surface area contributed by atoms with Gasteiger partial charge in [-0.2, -0.15) is 4.31 Å². The minimum absolute atomic E-state index is 0.197. The Morgan fingerprint density at radius 1 is 1.35 bits per heavy atom. The normalized spacial score (nSPS) is 11.9. The van der Waals surface area contributed by atoms with Gasteiger partial charge in [0.25, 0.3) is 0 Å². The van der Waals surface area contributed by atoms with Gasteiger partial charge in [0, 0.05) is 23.7 Å². The van der Waals surface area contributed by atoms with Gasteiger partial charge in [0.2, 0.25) is 10.0 Å². The number of nitrogens with zero attached hydrogens (tertiary/aromatic N) is 1. The van der Waals surface area contributed by atoms with Crippen LogP contribution in [0.5, 0.6) is 0 Å². The first-order valence-corrected chi connectivity index (χ1v) is 8.34. The molecule has 0 amide bonds. The van der Waals surface area contributed by atoms with Crippen LogP contribution in [0.15, 0.2) is 40.6 Å². The third-order valence-electron chi connectivity index (χ3n) is 2.84. The first-order chi connectivity index (χ1) is 9.45. The summed E-state index contributed by atoms with van der Waals surface area (Å²) in [6.07, 6.45) is 0. The van der Waals surface area contributed by atoms with E-state index in [0.717, 1.165) is 10.9 Å². The molecule has 0 fully saturated rings. The predicted molar refractivity (Wildman–Crippen MR) is 78.4 cm³/mol. The lowest BCUT2D eigenvalue weighted by atomic mass is 10.3. The van der Waals surface area contributed by atoms with Crippen LogP contribution in [0.1, 0.15) is 11.8 Å². The number of nitrogen functional groups attached to an aromatic ring is 1. The SMILES string of the molecule is CCN(Cc1cccs1)S(=O)(=O)c1ccc(N)cc1F. The molecule has 0 bridgehead atoms. The summed E-state index contributed by atoms with van der Waals surface area (Å²) in [5.41, 5.74) is 5.64. The maximum Gasteiger partial charge on any atom is 0.246 e. The van der Waals surface area contributed by atoms with Crippen LogP contribution in [-0.4, -0.2) is 19.3 Å². The van der Waals surface area contributed by atoms with E-state index >= 15 is 0 Å². The minimum atomic E-state index is -3.87. The van der Waals surface area contributed by atoms with Gasteiger partial charge in [-0.15, -0.1) is 11.3 Å². The van der Waals surface area contributed by atoms with Crippen molar-refractivity contribution in [3.8, 4) is 0 Å². The number of anilines is 1. The molecule has 4 nitrogen and oxygen atoms in total. The van der Waals surface area contributed by atoms with Gasteiger partial charge in [0.1, 0.15) is 10.7 Å². The highest BCUT2D eigenvalue weighted by Gasteiger charge is 2.26. The lowest BCUT2D eigenvalue weighted by molar-refractivity contribution is 0.422. The van der Waals surface area contributed by atoms with Crippen molar-refractivity contribution in [3.05, 3.63) is 46.4 Å². The zero-order valence-corrected chi connectivity index (χ0v) is 12.5. The van der Waals surface area contributed by atoms with Crippen molar-refractivity contribution in [1.29, 1.82) is 0 Å². The van der Waals surface area contributed by atoms with Crippen LogP contribution in [0.2, 0.25) is 0 Å². The van der Waals surface area contributed by atoms with E-state index in [1.807, 2.05) is 17.5 Å². The van der Waals surface area contributed by atoms with Crippen LogP contribution in [0.3, 0.4) is 0 Å². The summed E-state index contributed by atoms with van der Waals surface area (Å²) in [5, 5.41) is 1.87. The van der Waals surface area contributed by atoms with Gasteiger partial charge in [-0.3, -0.25) is 0 Å². The molecule has 0 aliphatic carbocycles. The Kier molecular flexibility index (Phi) is 4.42. The van der Waals surface area contributed by atoms with Crippen molar-refractivity contribution in [1.82, 2.24) is 4.31 Å². The van der Waals surface area contributed by atoms with E-state index in [4.69, 9.17) is 5.73 Å². The van der Waals surface area contributed by atoms with Crippen LogP contribution in [0.4, 0.5) is 10.1 Å². The monoisotopic (exact) mass is 314 g/mol. The average molecular weight is 314 g/mol. The third-order valence-corrected chi connectivity index (χ3v) is 5.65. The largest absolute Gasteiger partial charge is 0.399 e. The maximum atomic E-state index is 13.8. The van der Waals surface area contributed by atoms with Gasteiger partial charge >= 0.3 is 0 Å². The summed E-state index contributed by atoms with van der Waals surface area (Å²) < 4.78 is 40.0. The third kappa shape index (κ3) is 3.00. The van der Waals surface area contributed by atoms with Gasteiger partial charge in [0.05, 0.1) is 0 Å². The summed E-state index contributed by atoms with van der Waals surface area (Å²) in [6, 6.07) is 7.31. The predicted octanol–water partition coefficient (Wildman–Crippen LogP) is 2.68. The number of rotatable bonds is 5. The van der Waals surface area contributed by atoms with Crippen molar-refractivity contribution < 1.29 is 12.8 Å². The second kappa shape index (κ2) is 5.90. The molecule has 0 atom stereocenters. The van der Waals surface area contributed by atoms with Gasteiger partial charge < -0.3 is 5.73 Å². The zero-order chi connectivity index (χ0) is 14.8. The lowest BCUT2D eigenvalue weighted by Crippen LogP contribution is -2.30. The van der Waals surface area contributed by atoms with Crippen LogP contribution in [0, 0.1) is 5.82 Å². The summed E-state index contributed by atoms with van der Waals surface area (Å²) in [6.45, 7) is 2.23. The molecule has 20 heavy (non-hydrogen) atoms. The smallest absolute Gasteiger partial charge is 0.246 e. The molecule has 2 rings (SSSR count). The van der Waals surface area contributed by atoms with Crippen molar-refractivity contribution in [3.63, 3.8) is 0 Å². The summed E-state index contributed by atoms with van der Waals surface area (Å²) in [5.74, 6) is -0.824. The number of nitrogens with two attached hydrogens (primary N) is 1. The first-order valence-electron chi connectivity index (χ1n) is 6.02. The van der Waals surface area contributed by atoms with Crippen LogP contribution < -0.4 is 5.73 Å². The molecule has 0 aliphatic heterocycles. The Labute approximate surface area is 121 Å². The summed E-state index contributed by atoms with van der Waals surface area (Å²) in [7, 11) is -3.87.